The van der Waals surface area contributed by atoms with Gasteiger partial charge in [0.05, 0.1) is 11.5 Å². The number of fused-ring (bicyclic) bond motifs is 1. The van der Waals surface area contributed by atoms with E-state index in [1.54, 1.807) is 0 Å². The van der Waals surface area contributed by atoms with Crippen molar-refractivity contribution in [2.75, 3.05) is 5.32 Å². The van der Waals surface area contributed by atoms with Crippen LogP contribution in [-0.2, 0) is 0 Å². The largest absolute Gasteiger partial charge is 0.545 e. The number of rotatable bonds is 5. The van der Waals surface area contributed by atoms with E-state index < -0.39 is 18.4 Å². The lowest BCUT2D eigenvalue weighted by Gasteiger charge is -2.12. The van der Waals surface area contributed by atoms with Gasteiger partial charge in [0.15, 0.2) is 11.6 Å². The number of aromatic carboxylic acids is 1. The van der Waals surface area contributed by atoms with Gasteiger partial charge in [-0.25, -0.2) is 14.4 Å². The van der Waals surface area contributed by atoms with Crippen LogP contribution in [-0.4, -0.2) is 22.5 Å². The summed E-state index contributed by atoms with van der Waals surface area (Å²) >= 11 is 0. The number of hydrogen-bond donors (Lipinski definition) is 1. The van der Waals surface area contributed by atoms with Crippen LogP contribution < -0.4 is 15.2 Å². The Bertz CT molecular complexity index is 950. The third-order valence-corrected chi connectivity index (χ3v) is 3.26. The maximum atomic E-state index is 13.8. The Labute approximate surface area is 138 Å². The van der Waals surface area contributed by atoms with Gasteiger partial charge in [-0.3, -0.25) is 0 Å². The van der Waals surface area contributed by atoms with Crippen molar-refractivity contribution in [1.82, 2.24) is 9.97 Å². The van der Waals surface area contributed by atoms with Gasteiger partial charge in [-0.2, -0.15) is 8.78 Å². The number of anilines is 2. The highest BCUT2D eigenvalue weighted by molar-refractivity contribution is 6.01. The van der Waals surface area contributed by atoms with Crippen molar-refractivity contribution in [3.8, 4) is 5.75 Å². The first-order valence-corrected chi connectivity index (χ1v) is 6.93. The normalized spacial score (nSPS) is 10.9. The van der Waals surface area contributed by atoms with Crippen LogP contribution in [0.2, 0.25) is 0 Å². The number of nitrogens with one attached hydrogen (secondary N) is 1. The van der Waals surface area contributed by atoms with E-state index in [2.05, 4.69) is 20.0 Å². The fourth-order valence-corrected chi connectivity index (χ4v) is 2.21. The second kappa shape index (κ2) is 6.63. The Morgan fingerprint density at radius 2 is 2.00 bits per heavy atom. The van der Waals surface area contributed by atoms with Crippen LogP contribution in [0.4, 0.5) is 24.8 Å². The van der Waals surface area contributed by atoms with E-state index in [1.807, 2.05) is 0 Å². The number of carbonyl (C=O) groups is 1. The molecule has 1 N–H and O–H groups in total. The molecule has 0 saturated heterocycles. The molecule has 0 atom stereocenters. The van der Waals surface area contributed by atoms with Crippen molar-refractivity contribution >= 4 is 28.5 Å². The van der Waals surface area contributed by atoms with Gasteiger partial charge in [0, 0.05) is 17.1 Å². The highest BCUT2D eigenvalue weighted by atomic mass is 19.3. The molecule has 0 saturated carbocycles. The van der Waals surface area contributed by atoms with Gasteiger partial charge < -0.3 is 20.0 Å². The number of carboxylic acids is 1. The lowest BCUT2D eigenvalue weighted by molar-refractivity contribution is -0.254. The monoisotopic (exact) mass is 348 g/mol. The molecule has 0 aliphatic heterocycles. The van der Waals surface area contributed by atoms with Gasteiger partial charge in [-0.1, -0.05) is 0 Å². The summed E-state index contributed by atoms with van der Waals surface area (Å²) < 4.78 is 43.0. The Morgan fingerprint density at radius 1 is 1.20 bits per heavy atom. The van der Waals surface area contributed by atoms with E-state index in [4.69, 9.17) is 0 Å². The molecule has 0 amide bonds. The molecule has 0 aliphatic rings. The maximum absolute atomic E-state index is 13.8. The molecule has 6 nitrogen and oxygen atoms in total. The second-order valence-electron chi connectivity index (χ2n) is 4.83. The minimum Gasteiger partial charge on any atom is -0.545 e. The van der Waals surface area contributed by atoms with Crippen molar-refractivity contribution in [3.63, 3.8) is 0 Å². The topological polar surface area (TPSA) is 87.2 Å². The lowest BCUT2D eigenvalue weighted by atomic mass is 10.1. The summed E-state index contributed by atoms with van der Waals surface area (Å²) in [6.45, 7) is -3.05. The average molecular weight is 348 g/mol. The quantitative estimate of drug-likeness (QED) is 0.762. The number of nitrogens with zero attached hydrogens (tertiary/aromatic N) is 2. The smallest absolute Gasteiger partial charge is 0.387 e. The zero-order valence-corrected chi connectivity index (χ0v) is 12.4. The molecule has 128 valence electrons. The zero-order chi connectivity index (χ0) is 18.0. The molecule has 1 aromatic carbocycles. The van der Waals surface area contributed by atoms with Crippen LogP contribution in [0.1, 0.15) is 10.4 Å². The Kier molecular flexibility index (Phi) is 4.38. The van der Waals surface area contributed by atoms with Gasteiger partial charge in [-0.05, 0) is 36.4 Å². The summed E-state index contributed by atoms with van der Waals surface area (Å²) in [6, 6.07) is 7.37. The molecule has 0 radical (unpaired) electrons. The molecule has 0 bridgehead atoms. The first-order chi connectivity index (χ1) is 12.0. The summed E-state index contributed by atoms with van der Waals surface area (Å²) in [7, 11) is 0. The van der Waals surface area contributed by atoms with Crippen molar-refractivity contribution < 1.29 is 27.8 Å². The average Bonchev–Trinajstić information content (AvgIpc) is 2.56. The van der Waals surface area contributed by atoms with Crippen molar-refractivity contribution in [2.45, 2.75) is 6.61 Å². The van der Waals surface area contributed by atoms with Crippen LogP contribution in [0, 0.1) is 5.82 Å². The Balaban J connectivity index is 2.03. The number of aromatic nitrogens is 2. The molecule has 0 unspecified atom stereocenters. The fraction of sp³-hybridized carbons (Fsp3) is 0.0625. The van der Waals surface area contributed by atoms with Crippen LogP contribution in [0.25, 0.3) is 10.9 Å². The SMILES string of the molecule is O=C([O-])c1ccc(F)c2ccc(Nc3ncccc3OC(F)F)nc12. The first kappa shape index (κ1) is 16.5. The van der Waals surface area contributed by atoms with Crippen molar-refractivity contribution in [3.05, 3.63) is 54.0 Å². The number of pyridine rings is 2. The predicted octanol–water partition coefficient (Wildman–Crippen LogP) is 2.48. The standard InChI is InChI=1S/C16H10F3N3O3/c17-10-5-3-9(15(23)24)13-8(10)4-6-12(21-13)22-14-11(25-16(18)19)2-1-7-20-14/h1-7,16H,(H,23,24)(H,20,21,22)/p-1. The predicted molar refractivity (Wildman–Crippen MR) is 80.2 cm³/mol. The molecule has 2 heterocycles. The molecule has 2 aromatic heterocycles. The molecule has 9 heteroatoms. The number of benzene rings is 1. The van der Waals surface area contributed by atoms with E-state index in [0.29, 0.717) is 0 Å². The van der Waals surface area contributed by atoms with E-state index in [0.717, 1.165) is 12.1 Å². The molecule has 0 spiro atoms. The number of alkyl halides is 2. The highest BCUT2D eigenvalue weighted by Crippen LogP contribution is 2.28. The molecular formula is C16H9F3N3O3-. The minimum absolute atomic E-state index is 0.0164. The van der Waals surface area contributed by atoms with Gasteiger partial charge >= 0.3 is 6.61 Å². The maximum Gasteiger partial charge on any atom is 0.387 e. The highest BCUT2D eigenvalue weighted by Gasteiger charge is 2.13. The van der Waals surface area contributed by atoms with E-state index >= 15 is 0 Å². The summed E-state index contributed by atoms with van der Waals surface area (Å²) in [5.41, 5.74) is -0.442. The first-order valence-electron chi connectivity index (χ1n) is 6.93. The summed E-state index contributed by atoms with van der Waals surface area (Å²) in [5.74, 6) is -2.38. The number of hydrogen-bond acceptors (Lipinski definition) is 6. The number of halogens is 3. The molecule has 0 aliphatic carbocycles. The molecular weight excluding hydrogens is 339 g/mol. The van der Waals surface area contributed by atoms with Gasteiger partial charge in [0.2, 0.25) is 0 Å². The summed E-state index contributed by atoms with van der Waals surface area (Å²) in [5, 5.41) is 13.8. The van der Waals surface area contributed by atoms with Crippen LogP contribution >= 0.6 is 0 Å². The van der Waals surface area contributed by atoms with Gasteiger partial charge in [-0.15, -0.1) is 0 Å². The molecule has 0 fully saturated rings. The molecule has 25 heavy (non-hydrogen) atoms. The van der Waals surface area contributed by atoms with E-state index in [9.17, 15) is 23.1 Å². The van der Waals surface area contributed by atoms with Crippen molar-refractivity contribution in [1.29, 1.82) is 0 Å². The Hall–Kier alpha value is -3.36. The number of carboxylic acid groups (broad SMARTS) is 1. The van der Waals surface area contributed by atoms with Gasteiger partial charge in [0.25, 0.3) is 0 Å². The zero-order valence-electron chi connectivity index (χ0n) is 12.4. The Morgan fingerprint density at radius 3 is 2.72 bits per heavy atom. The van der Waals surface area contributed by atoms with E-state index in [1.165, 1.54) is 30.5 Å². The lowest BCUT2D eigenvalue weighted by Crippen LogP contribution is -2.23. The number of carbonyl (C=O) groups excluding carboxylic acids is 1. The molecule has 3 rings (SSSR count). The number of ether oxygens (including phenoxy) is 1. The third kappa shape index (κ3) is 3.44. The van der Waals surface area contributed by atoms with E-state index in [-0.39, 0.29) is 33.9 Å². The van der Waals surface area contributed by atoms with Gasteiger partial charge in [0.1, 0.15) is 11.6 Å². The summed E-state index contributed by atoms with van der Waals surface area (Å²) in [4.78, 5) is 19.0. The molecule has 3 aromatic rings. The van der Waals surface area contributed by atoms with Crippen LogP contribution in [0.5, 0.6) is 5.75 Å². The van der Waals surface area contributed by atoms with Crippen LogP contribution in [0.3, 0.4) is 0 Å². The third-order valence-electron chi connectivity index (χ3n) is 3.26. The van der Waals surface area contributed by atoms with Crippen molar-refractivity contribution in [2.24, 2.45) is 0 Å². The summed E-state index contributed by atoms with van der Waals surface area (Å²) in [6.07, 6.45) is 1.34. The minimum atomic E-state index is -3.05. The second-order valence-corrected chi connectivity index (χ2v) is 4.83. The fourth-order valence-electron chi connectivity index (χ4n) is 2.21. The van der Waals surface area contributed by atoms with Crippen LogP contribution in [0.15, 0.2) is 42.6 Å².